The third-order valence-corrected chi connectivity index (χ3v) is 4.70. The van der Waals surface area contributed by atoms with E-state index in [9.17, 15) is 4.79 Å². The third kappa shape index (κ3) is 3.29. The van der Waals surface area contributed by atoms with Gasteiger partial charge in [-0.2, -0.15) is 5.10 Å². The van der Waals surface area contributed by atoms with Crippen molar-refractivity contribution in [2.45, 2.75) is 6.92 Å². The standard InChI is InChI=1S/C19H16N4O2S/c1-2-25-15-7-8-16-17(12-15)26-19(21-16)22-18(24)13-5-3-6-14(11-13)23-10-4-9-20-23/h3-12H,2H2,1H3,(H,21,22,24). The van der Waals surface area contributed by atoms with Gasteiger partial charge in [-0.1, -0.05) is 17.4 Å². The number of nitrogens with zero attached hydrogens (tertiary/aromatic N) is 3. The van der Waals surface area contributed by atoms with E-state index < -0.39 is 0 Å². The fourth-order valence-electron chi connectivity index (χ4n) is 2.60. The van der Waals surface area contributed by atoms with Crippen molar-refractivity contribution < 1.29 is 9.53 Å². The molecule has 0 radical (unpaired) electrons. The second-order valence-corrected chi connectivity index (χ2v) is 6.57. The Hall–Kier alpha value is -3.19. The van der Waals surface area contributed by atoms with E-state index in [2.05, 4.69) is 15.4 Å². The molecule has 7 heteroatoms. The Morgan fingerprint density at radius 1 is 1.23 bits per heavy atom. The molecule has 0 unspecified atom stereocenters. The van der Waals surface area contributed by atoms with Gasteiger partial charge < -0.3 is 4.74 Å². The highest BCUT2D eigenvalue weighted by atomic mass is 32.1. The second kappa shape index (κ2) is 6.97. The first-order chi connectivity index (χ1) is 12.7. The van der Waals surface area contributed by atoms with Gasteiger partial charge in [-0.25, -0.2) is 9.67 Å². The summed E-state index contributed by atoms with van der Waals surface area (Å²) in [6, 6.07) is 14.8. The van der Waals surface area contributed by atoms with Gasteiger partial charge in [-0.15, -0.1) is 0 Å². The number of hydrogen-bond acceptors (Lipinski definition) is 5. The largest absolute Gasteiger partial charge is 0.494 e. The topological polar surface area (TPSA) is 69.0 Å². The quantitative estimate of drug-likeness (QED) is 0.578. The van der Waals surface area contributed by atoms with Gasteiger partial charge >= 0.3 is 0 Å². The van der Waals surface area contributed by atoms with Gasteiger partial charge in [0.15, 0.2) is 5.13 Å². The van der Waals surface area contributed by atoms with Crippen molar-refractivity contribution in [2.75, 3.05) is 11.9 Å². The summed E-state index contributed by atoms with van der Waals surface area (Å²) in [5.41, 5.74) is 2.21. The highest BCUT2D eigenvalue weighted by Crippen LogP contribution is 2.29. The summed E-state index contributed by atoms with van der Waals surface area (Å²) in [7, 11) is 0. The average molecular weight is 364 g/mol. The van der Waals surface area contributed by atoms with Crippen LogP contribution in [0.15, 0.2) is 60.9 Å². The first-order valence-electron chi connectivity index (χ1n) is 8.18. The molecule has 0 aliphatic carbocycles. The van der Waals surface area contributed by atoms with Crippen molar-refractivity contribution in [1.29, 1.82) is 0 Å². The summed E-state index contributed by atoms with van der Waals surface area (Å²) in [6.07, 6.45) is 3.53. The van der Waals surface area contributed by atoms with Crippen LogP contribution < -0.4 is 10.1 Å². The lowest BCUT2D eigenvalue weighted by molar-refractivity contribution is 0.102. The number of ether oxygens (including phenoxy) is 1. The maximum Gasteiger partial charge on any atom is 0.257 e. The second-order valence-electron chi connectivity index (χ2n) is 5.54. The molecule has 0 aliphatic heterocycles. The molecule has 26 heavy (non-hydrogen) atoms. The number of amides is 1. The van der Waals surface area contributed by atoms with E-state index >= 15 is 0 Å². The lowest BCUT2D eigenvalue weighted by atomic mass is 10.2. The normalized spacial score (nSPS) is 10.8. The van der Waals surface area contributed by atoms with E-state index in [0.717, 1.165) is 21.7 Å². The fourth-order valence-corrected chi connectivity index (χ4v) is 3.48. The molecule has 2 aromatic carbocycles. The Bertz CT molecular complexity index is 1060. The summed E-state index contributed by atoms with van der Waals surface area (Å²) in [5.74, 6) is 0.594. The molecule has 0 aliphatic rings. The van der Waals surface area contributed by atoms with Crippen LogP contribution in [-0.4, -0.2) is 27.3 Å². The predicted molar refractivity (Wildman–Crippen MR) is 102 cm³/mol. The van der Waals surface area contributed by atoms with Crippen LogP contribution in [-0.2, 0) is 0 Å². The molecule has 0 fully saturated rings. The molecule has 1 amide bonds. The van der Waals surface area contributed by atoms with Crippen molar-refractivity contribution in [3.63, 3.8) is 0 Å². The minimum Gasteiger partial charge on any atom is -0.494 e. The van der Waals surface area contributed by atoms with Gasteiger partial charge in [0.1, 0.15) is 5.75 Å². The van der Waals surface area contributed by atoms with E-state index in [4.69, 9.17) is 4.74 Å². The van der Waals surface area contributed by atoms with Crippen LogP contribution in [0.25, 0.3) is 15.9 Å². The molecule has 1 N–H and O–H groups in total. The number of carbonyl (C=O) groups is 1. The van der Waals surface area contributed by atoms with Gasteiger partial charge in [0.05, 0.1) is 22.5 Å². The molecule has 2 heterocycles. The maximum absolute atomic E-state index is 12.6. The highest BCUT2D eigenvalue weighted by Gasteiger charge is 2.11. The van der Waals surface area contributed by atoms with Gasteiger partial charge in [0.2, 0.25) is 0 Å². The van der Waals surface area contributed by atoms with Crippen molar-refractivity contribution in [3.05, 3.63) is 66.5 Å². The van der Waals surface area contributed by atoms with Crippen LogP contribution in [0.2, 0.25) is 0 Å². The molecule has 4 rings (SSSR count). The number of anilines is 1. The Kier molecular flexibility index (Phi) is 4.37. The zero-order valence-electron chi connectivity index (χ0n) is 14.0. The van der Waals surface area contributed by atoms with Crippen molar-refractivity contribution in [3.8, 4) is 11.4 Å². The molecule has 0 saturated carbocycles. The predicted octanol–water partition coefficient (Wildman–Crippen LogP) is 4.13. The number of benzene rings is 2. The number of rotatable bonds is 5. The zero-order valence-corrected chi connectivity index (χ0v) is 14.9. The van der Waals surface area contributed by atoms with Crippen molar-refractivity contribution in [2.24, 2.45) is 0 Å². The molecule has 2 aromatic heterocycles. The SMILES string of the molecule is CCOc1ccc2nc(NC(=O)c3cccc(-n4cccn4)c3)sc2c1. The van der Waals surface area contributed by atoms with Gasteiger partial charge in [0, 0.05) is 18.0 Å². The minimum absolute atomic E-state index is 0.205. The number of nitrogens with one attached hydrogen (secondary N) is 1. The van der Waals surface area contributed by atoms with E-state index in [1.807, 2.05) is 49.5 Å². The first-order valence-corrected chi connectivity index (χ1v) is 8.99. The number of fused-ring (bicyclic) bond motifs is 1. The summed E-state index contributed by atoms with van der Waals surface area (Å²) < 4.78 is 8.19. The van der Waals surface area contributed by atoms with Gasteiger partial charge in [0.25, 0.3) is 5.91 Å². The first kappa shape index (κ1) is 16.3. The van der Waals surface area contributed by atoms with Crippen LogP contribution in [0.1, 0.15) is 17.3 Å². The average Bonchev–Trinajstić information content (AvgIpc) is 3.31. The monoisotopic (exact) mass is 364 g/mol. The minimum atomic E-state index is -0.205. The summed E-state index contributed by atoms with van der Waals surface area (Å²) in [4.78, 5) is 17.0. The van der Waals surface area contributed by atoms with Crippen LogP contribution >= 0.6 is 11.3 Å². The van der Waals surface area contributed by atoms with E-state index in [1.165, 1.54) is 11.3 Å². The van der Waals surface area contributed by atoms with Crippen LogP contribution in [0.4, 0.5) is 5.13 Å². The number of hydrogen-bond donors (Lipinski definition) is 1. The Morgan fingerprint density at radius 2 is 2.15 bits per heavy atom. The highest BCUT2D eigenvalue weighted by molar-refractivity contribution is 7.22. The fraction of sp³-hybridized carbons (Fsp3) is 0.105. The summed E-state index contributed by atoms with van der Waals surface area (Å²) >= 11 is 1.42. The van der Waals surface area contributed by atoms with Crippen molar-refractivity contribution in [1.82, 2.24) is 14.8 Å². The molecule has 6 nitrogen and oxygen atoms in total. The smallest absolute Gasteiger partial charge is 0.257 e. The van der Waals surface area contributed by atoms with E-state index in [0.29, 0.717) is 17.3 Å². The molecule has 0 saturated heterocycles. The molecule has 130 valence electrons. The summed E-state index contributed by atoms with van der Waals surface area (Å²) in [5, 5.41) is 7.61. The number of aromatic nitrogens is 3. The molecular formula is C19H16N4O2S. The van der Waals surface area contributed by atoms with Crippen LogP contribution in [0.3, 0.4) is 0 Å². The zero-order chi connectivity index (χ0) is 17.9. The Balaban J connectivity index is 1.56. The molecule has 0 atom stereocenters. The van der Waals surface area contributed by atoms with Gasteiger partial charge in [-0.05, 0) is 49.4 Å². The Labute approximate surface area is 154 Å². The number of thiazole rings is 1. The third-order valence-electron chi connectivity index (χ3n) is 3.77. The van der Waals surface area contributed by atoms with E-state index in [-0.39, 0.29) is 5.91 Å². The van der Waals surface area contributed by atoms with Crippen molar-refractivity contribution >= 4 is 32.6 Å². The molecule has 0 spiro atoms. The molecule has 4 aromatic rings. The summed E-state index contributed by atoms with van der Waals surface area (Å²) in [6.45, 7) is 2.56. The van der Waals surface area contributed by atoms with Crippen LogP contribution in [0.5, 0.6) is 5.75 Å². The maximum atomic E-state index is 12.6. The molecule has 0 bridgehead atoms. The molecular weight excluding hydrogens is 348 g/mol. The van der Waals surface area contributed by atoms with Crippen LogP contribution in [0, 0.1) is 0 Å². The lowest BCUT2D eigenvalue weighted by Crippen LogP contribution is -2.12. The van der Waals surface area contributed by atoms with E-state index in [1.54, 1.807) is 23.0 Å². The lowest BCUT2D eigenvalue weighted by Gasteiger charge is -2.05. The number of carbonyl (C=O) groups excluding carboxylic acids is 1. The van der Waals surface area contributed by atoms with Gasteiger partial charge in [-0.3, -0.25) is 10.1 Å². The Morgan fingerprint density at radius 3 is 2.96 bits per heavy atom.